The molecular weight excluding hydrogens is 144 g/mol. The lowest BCUT2D eigenvalue weighted by atomic mass is 9.93. The van der Waals surface area contributed by atoms with E-state index in [0.29, 0.717) is 5.95 Å². The topological polar surface area (TPSA) is 35.5 Å². The van der Waals surface area contributed by atoms with E-state index in [-0.39, 0.29) is 11.9 Å². The molecule has 0 bridgehead atoms. The van der Waals surface area contributed by atoms with Gasteiger partial charge in [0.2, 0.25) is 0 Å². The Morgan fingerprint density at radius 3 is 3.09 bits per heavy atom. The maximum atomic E-state index is 11.0. The summed E-state index contributed by atoms with van der Waals surface area (Å²) >= 11 is 0. The van der Waals surface area contributed by atoms with Crippen molar-refractivity contribution in [3.8, 4) is 0 Å². The van der Waals surface area contributed by atoms with E-state index in [2.05, 4.69) is 0 Å². The van der Waals surface area contributed by atoms with E-state index in [1.807, 2.05) is 18.2 Å². The van der Waals surface area contributed by atoms with Crippen molar-refractivity contribution in [2.45, 2.75) is 0 Å². The third-order valence-electron chi connectivity index (χ3n) is 2.00. The summed E-state index contributed by atoms with van der Waals surface area (Å²) in [6.45, 7) is 0. The highest BCUT2D eigenvalue weighted by molar-refractivity contribution is 5.85. The fourth-order valence-corrected chi connectivity index (χ4v) is 1.45. The number of carbonyl (C=O) groups is 1. The maximum Gasteiger partial charge on any atom is 0.325 e. The van der Waals surface area contributed by atoms with E-state index in [0.717, 1.165) is 11.3 Å². The average molecular weight is 148 g/mol. The Morgan fingerprint density at radius 2 is 2.27 bits per heavy atom. The van der Waals surface area contributed by atoms with Crippen LogP contribution < -0.4 is 0 Å². The van der Waals surface area contributed by atoms with Gasteiger partial charge in [-0.1, -0.05) is 12.2 Å². The van der Waals surface area contributed by atoms with Crippen LogP contribution in [0.5, 0.6) is 0 Å². The third kappa shape index (κ3) is 0.441. The normalized spacial score (nSPS) is 30.4. The number of carbonyl (C=O) groups excluding carboxylic acids is 1. The first-order chi connectivity index (χ1) is 5.36. The Balaban J connectivity index is 2.21. The maximum absolute atomic E-state index is 11.0. The molecule has 2 heterocycles. The van der Waals surface area contributed by atoms with Crippen molar-refractivity contribution < 1.29 is 14.3 Å². The molecule has 0 saturated heterocycles. The molecule has 0 saturated carbocycles. The molecule has 3 aliphatic rings. The molecule has 1 unspecified atom stereocenters. The molecule has 11 heavy (non-hydrogen) atoms. The molecule has 0 aromatic rings. The molecule has 0 radical (unpaired) electrons. The van der Waals surface area contributed by atoms with Crippen LogP contribution in [0, 0.1) is 5.92 Å². The van der Waals surface area contributed by atoms with Crippen molar-refractivity contribution in [3.63, 3.8) is 0 Å². The first-order valence-corrected chi connectivity index (χ1v) is 3.39. The summed E-state index contributed by atoms with van der Waals surface area (Å²) in [5.41, 5.74) is 0.914. The minimum Gasteiger partial charge on any atom is -0.425 e. The summed E-state index contributed by atoms with van der Waals surface area (Å²) in [5.74, 6) is 0.752. The minimum absolute atomic E-state index is 0.196. The molecule has 1 atom stereocenters. The zero-order valence-corrected chi connectivity index (χ0v) is 5.53. The molecule has 3 heteroatoms. The molecule has 0 aromatic carbocycles. The van der Waals surface area contributed by atoms with Crippen LogP contribution in [0.1, 0.15) is 0 Å². The predicted molar refractivity (Wildman–Crippen MR) is 34.9 cm³/mol. The van der Waals surface area contributed by atoms with Gasteiger partial charge < -0.3 is 9.47 Å². The quantitative estimate of drug-likeness (QED) is 0.478. The number of allylic oxidation sites excluding steroid dienone is 3. The highest BCUT2D eigenvalue weighted by Crippen LogP contribution is 2.45. The molecule has 3 rings (SSSR count). The SMILES string of the molecule is O=C1OC2=C3C(=CC=CC13)O2. The van der Waals surface area contributed by atoms with E-state index in [1.54, 1.807) is 0 Å². The smallest absolute Gasteiger partial charge is 0.325 e. The summed E-state index contributed by atoms with van der Waals surface area (Å²) in [6, 6.07) is 0. The Kier molecular flexibility index (Phi) is 0.656. The zero-order chi connectivity index (χ0) is 7.42. The highest BCUT2D eigenvalue weighted by Gasteiger charge is 2.46. The highest BCUT2D eigenvalue weighted by atomic mass is 16.7. The van der Waals surface area contributed by atoms with Crippen LogP contribution in [-0.2, 0) is 14.3 Å². The van der Waals surface area contributed by atoms with Crippen LogP contribution in [-0.4, -0.2) is 5.97 Å². The second-order valence-electron chi connectivity index (χ2n) is 2.62. The van der Waals surface area contributed by atoms with Gasteiger partial charge in [0.15, 0.2) is 0 Å². The van der Waals surface area contributed by atoms with Gasteiger partial charge in [-0.3, -0.25) is 4.79 Å². The number of hydrogen-bond donors (Lipinski definition) is 0. The predicted octanol–water partition coefficient (Wildman–Crippen LogP) is 0.855. The van der Waals surface area contributed by atoms with Crippen LogP contribution in [0.2, 0.25) is 0 Å². The van der Waals surface area contributed by atoms with E-state index in [1.165, 1.54) is 0 Å². The Bertz CT molecular complexity index is 346. The largest absolute Gasteiger partial charge is 0.425 e. The molecule has 0 spiro atoms. The average Bonchev–Trinajstić information content (AvgIpc) is 2.25. The van der Waals surface area contributed by atoms with Gasteiger partial charge in [0.05, 0.1) is 5.57 Å². The lowest BCUT2D eigenvalue weighted by molar-refractivity contribution is -0.141. The van der Waals surface area contributed by atoms with E-state index < -0.39 is 0 Å². The van der Waals surface area contributed by atoms with Gasteiger partial charge >= 0.3 is 11.9 Å². The lowest BCUT2D eigenvalue weighted by Gasteiger charge is -2.21. The molecule has 54 valence electrons. The Hall–Kier alpha value is -1.51. The first kappa shape index (κ1) is 5.18. The van der Waals surface area contributed by atoms with Crippen molar-refractivity contribution in [1.29, 1.82) is 0 Å². The Morgan fingerprint density at radius 1 is 1.36 bits per heavy atom. The fraction of sp³-hybridized carbons (Fsp3) is 0.125. The van der Waals surface area contributed by atoms with Crippen molar-refractivity contribution in [2.75, 3.05) is 0 Å². The molecule has 3 nitrogen and oxygen atoms in total. The van der Waals surface area contributed by atoms with Gasteiger partial charge in [0, 0.05) is 0 Å². The van der Waals surface area contributed by atoms with Crippen molar-refractivity contribution in [3.05, 3.63) is 35.5 Å². The number of ether oxygens (including phenoxy) is 2. The van der Waals surface area contributed by atoms with Gasteiger partial charge in [-0.25, -0.2) is 0 Å². The monoisotopic (exact) mass is 148 g/mol. The Labute approximate surface area is 62.6 Å². The standard InChI is InChI=1S/C8H4O3/c9-7-4-2-1-3-5-6(4)8(10-5)11-7/h1-4H. The fourth-order valence-electron chi connectivity index (χ4n) is 1.45. The van der Waals surface area contributed by atoms with Crippen LogP contribution in [0.4, 0.5) is 0 Å². The van der Waals surface area contributed by atoms with Crippen molar-refractivity contribution >= 4 is 5.97 Å². The van der Waals surface area contributed by atoms with Crippen LogP contribution in [0.25, 0.3) is 0 Å². The molecule has 0 N–H and O–H groups in total. The second-order valence-corrected chi connectivity index (χ2v) is 2.62. The molecule has 2 aliphatic heterocycles. The number of esters is 1. The van der Waals surface area contributed by atoms with Gasteiger partial charge in [-0.05, 0) is 6.08 Å². The van der Waals surface area contributed by atoms with Gasteiger partial charge in [-0.2, -0.15) is 0 Å². The summed E-state index contributed by atoms with van der Waals surface area (Å²) in [7, 11) is 0. The second kappa shape index (κ2) is 1.39. The molecular formula is C8H4O3. The molecule has 0 fully saturated rings. The number of hydrogen-bond acceptors (Lipinski definition) is 3. The van der Waals surface area contributed by atoms with Crippen molar-refractivity contribution in [2.24, 2.45) is 5.92 Å². The van der Waals surface area contributed by atoms with Gasteiger partial charge in [0.1, 0.15) is 11.7 Å². The van der Waals surface area contributed by atoms with E-state index in [9.17, 15) is 4.79 Å². The van der Waals surface area contributed by atoms with Gasteiger partial charge in [-0.15, -0.1) is 0 Å². The molecule has 1 aliphatic carbocycles. The van der Waals surface area contributed by atoms with Crippen LogP contribution in [0.3, 0.4) is 0 Å². The lowest BCUT2D eigenvalue weighted by Crippen LogP contribution is -2.15. The van der Waals surface area contributed by atoms with Crippen LogP contribution in [0.15, 0.2) is 35.5 Å². The third-order valence-corrected chi connectivity index (χ3v) is 2.00. The first-order valence-electron chi connectivity index (χ1n) is 3.39. The van der Waals surface area contributed by atoms with Crippen molar-refractivity contribution in [1.82, 2.24) is 0 Å². The minimum atomic E-state index is -0.227. The van der Waals surface area contributed by atoms with E-state index in [4.69, 9.17) is 9.47 Å². The van der Waals surface area contributed by atoms with Gasteiger partial charge in [0.25, 0.3) is 0 Å². The molecule has 0 amide bonds. The number of rotatable bonds is 0. The van der Waals surface area contributed by atoms with E-state index >= 15 is 0 Å². The molecule has 0 aromatic heterocycles. The van der Waals surface area contributed by atoms with Crippen LogP contribution >= 0.6 is 0 Å². The zero-order valence-electron chi connectivity index (χ0n) is 5.53. The summed E-state index contributed by atoms with van der Waals surface area (Å²) in [6.07, 6.45) is 5.46. The summed E-state index contributed by atoms with van der Waals surface area (Å²) in [4.78, 5) is 11.0. The summed E-state index contributed by atoms with van der Waals surface area (Å²) < 4.78 is 9.85. The summed E-state index contributed by atoms with van der Waals surface area (Å²) in [5, 5.41) is 0.